The van der Waals surface area contributed by atoms with Crippen LogP contribution >= 0.6 is 11.3 Å². The van der Waals surface area contributed by atoms with Crippen molar-refractivity contribution < 1.29 is 8.42 Å². The molecule has 108 valence electrons. The molecule has 1 aromatic carbocycles. The van der Waals surface area contributed by atoms with Crippen molar-refractivity contribution in [1.82, 2.24) is 4.72 Å². The van der Waals surface area contributed by atoms with Gasteiger partial charge in [-0.25, -0.2) is 13.1 Å². The maximum atomic E-state index is 12.2. The van der Waals surface area contributed by atoms with E-state index >= 15 is 0 Å². The first-order chi connectivity index (χ1) is 9.40. The van der Waals surface area contributed by atoms with Crippen molar-refractivity contribution in [2.75, 3.05) is 6.54 Å². The van der Waals surface area contributed by atoms with Crippen LogP contribution in [0.3, 0.4) is 0 Å². The molecule has 6 heteroatoms. The highest BCUT2D eigenvalue weighted by Crippen LogP contribution is 2.24. The fourth-order valence-electron chi connectivity index (χ4n) is 1.97. The summed E-state index contributed by atoms with van der Waals surface area (Å²) in [7, 11) is -3.49. The molecular formula is C14H18N2O2S2. The summed E-state index contributed by atoms with van der Waals surface area (Å²) in [5, 5.41) is 0. The van der Waals surface area contributed by atoms with Crippen molar-refractivity contribution in [1.29, 1.82) is 0 Å². The Morgan fingerprint density at radius 2 is 1.90 bits per heavy atom. The van der Waals surface area contributed by atoms with Crippen LogP contribution in [0.2, 0.25) is 0 Å². The summed E-state index contributed by atoms with van der Waals surface area (Å²) < 4.78 is 27.1. The number of aryl methyl sites for hydroxylation is 2. The van der Waals surface area contributed by atoms with Gasteiger partial charge in [0.05, 0.1) is 4.90 Å². The van der Waals surface area contributed by atoms with Gasteiger partial charge in [0.25, 0.3) is 0 Å². The number of nitrogens with two attached hydrogens (primary N) is 1. The molecule has 0 aliphatic heterocycles. The van der Waals surface area contributed by atoms with Crippen molar-refractivity contribution in [3.63, 3.8) is 0 Å². The molecule has 1 heterocycles. The average Bonchev–Trinajstić information content (AvgIpc) is 2.77. The zero-order valence-electron chi connectivity index (χ0n) is 11.5. The maximum absolute atomic E-state index is 12.2. The van der Waals surface area contributed by atoms with Crippen molar-refractivity contribution in [2.24, 2.45) is 5.73 Å². The molecule has 1 atom stereocenters. The zero-order valence-corrected chi connectivity index (χ0v) is 13.1. The molecule has 0 radical (unpaired) electrons. The highest BCUT2D eigenvalue weighted by atomic mass is 32.2. The van der Waals surface area contributed by atoms with E-state index in [0.717, 1.165) is 15.3 Å². The molecule has 4 nitrogen and oxygen atoms in total. The number of hydrogen-bond donors (Lipinski definition) is 2. The Morgan fingerprint density at radius 1 is 1.25 bits per heavy atom. The van der Waals surface area contributed by atoms with Gasteiger partial charge in [-0.05, 0) is 25.5 Å². The van der Waals surface area contributed by atoms with Gasteiger partial charge in [-0.3, -0.25) is 0 Å². The SMILES string of the molecule is Cc1cc(S(=O)(=O)NC[C@@H](N)c2ccccc2)c(C)s1. The van der Waals surface area contributed by atoms with Gasteiger partial charge in [0.2, 0.25) is 10.0 Å². The maximum Gasteiger partial charge on any atom is 0.241 e. The molecule has 0 bridgehead atoms. The first kappa shape index (κ1) is 15.2. The predicted molar refractivity (Wildman–Crippen MR) is 82.4 cm³/mol. The van der Waals surface area contributed by atoms with E-state index in [9.17, 15) is 8.42 Å². The second-order valence-corrected chi connectivity index (χ2v) is 7.84. The van der Waals surface area contributed by atoms with Crippen molar-refractivity contribution in [3.05, 3.63) is 51.7 Å². The summed E-state index contributed by atoms with van der Waals surface area (Å²) in [5.41, 5.74) is 6.91. The molecule has 0 fully saturated rings. The van der Waals surface area contributed by atoms with E-state index in [1.165, 1.54) is 11.3 Å². The minimum atomic E-state index is -3.49. The summed E-state index contributed by atoms with van der Waals surface area (Å²) in [4.78, 5) is 2.12. The van der Waals surface area contributed by atoms with Gasteiger partial charge >= 0.3 is 0 Å². The highest BCUT2D eigenvalue weighted by Gasteiger charge is 2.20. The summed E-state index contributed by atoms with van der Waals surface area (Å²) in [6, 6.07) is 10.8. The quantitative estimate of drug-likeness (QED) is 0.890. The lowest BCUT2D eigenvalue weighted by Gasteiger charge is -2.13. The molecule has 0 unspecified atom stereocenters. The molecule has 1 aromatic heterocycles. The largest absolute Gasteiger partial charge is 0.323 e. The first-order valence-corrected chi connectivity index (χ1v) is 8.57. The smallest absolute Gasteiger partial charge is 0.241 e. The zero-order chi connectivity index (χ0) is 14.8. The number of benzene rings is 1. The number of sulfonamides is 1. The van der Waals surface area contributed by atoms with E-state index in [2.05, 4.69) is 4.72 Å². The third-order valence-corrected chi connectivity index (χ3v) is 5.65. The molecule has 0 aliphatic rings. The van der Waals surface area contributed by atoms with Crippen LogP contribution in [0.25, 0.3) is 0 Å². The van der Waals surface area contributed by atoms with Crippen LogP contribution in [0.1, 0.15) is 21.4 Å². The normalized spacial score (nSPS) is 13.3. The first-order valence-electron chi connectivity index (χ1n) is 6.27. The lowest BCUT2D eigenvalue weighted by molar-refractivity contribution is 0.572. The van der Waals surface area contributed by atoms with Gasteiger partial charge < -0.3 is 5.73 Å². The fourth-order valence-corrected chi connectivity index (χ4v) is 4.58. The van der Waals surface area contributed by atoms with Crippen LogP contribution in [-0.2, 0) is 10.0 Å². The number of nitrogens with one attached hydrogen (secondary N) is 1. The average molecular weight is 310 g/mol. The van der Waals surface area contributed by atoms with Crippen LogP contribution in [0, 0.1) is 13.8 Å². The molecule has 0 aliphatic carbocycles. The van der Waals surface area contributed by atoms with Crippen molar-refractivity contribution in [3.8, 4) is 0 Å². The highest BCUT2D eigenvalue weighted by molar-refractivity contribution is 7.89. The molecule has 2 aromatic rings. The summed E-state index contributed by atoms with van der Waals surface area (Å²) in [6.07, 6.45) is 0. The molecular weight excluding hydrogens is 292 g/mol. The molecule has 2 rings (SSSR count). The van der Waals surface area contributed by atoms with Crippen LogP contribution in [0.4, 0.5) is 0 Å². The van der Waals surface area contributed by atoms with E-state index in [1.54, 1.807) is 6.07 Å². The minimum absolute atomic E-state index is 0.181. The topological polar surface area (TPSA) is 72.2 Å². The molecule has 0 saturated carbocycles. The monoisotopic (exact) mass is 310 g/mol. The number of rotatable bonds is 5. The lowest BCUT2D eigenvalue weighted by atomic mass is 10.1. The standard InChI is InChI=1S/C14H18N2O2S2/c1-10-8-14(11(2)19-10)20(17,18)16-9-13(15)12-6-4-3-5-7-12/h3-8,13,16H,9,15H2,1-2H3/t13-/m1/s1. The van der Waals surface area contributed by atoms with Gasteiger partial charge in [0, 0.05) is 22.3 Å². The van der Waals surface area contributed by atoms with Crippen LogP contribution in [0.5, 0.6) is 0 Å². The third-order valence-electron chi connectivity index (χ3n) is 3.01. The Kier molecular flexibility index (Phi) is 4.59. The minimum Gasteiger partial charge on any atom is -0.323 e. The summed E-state index contributed by atoms with van der Waals surface area (Å²) in [6.45, 7) is 3.89. The molecule has 20 heavy (non-hydrogen) atoms. The van der Waals surface area contributed by atoms with E-state index in [1.807, 2.05) is 44.2 Å². The Balaban J connectivity index is 2.08. The Morgan fingerprint density at radius 3 is 2.45 bits per heavy atom. The lowest BCUT2D eigenvalue weighted by Crippen LogP contribution is -2.32. The van der Waals surface area contributed by atoms with Crippen molar-refractivity contribution in [2.45, 2.75) is 24.8 Å². The van der Waals surface area contributed by atoms with Gasteiger partial charge in [-0.15, -0.1) is 11.3 Å². The second kappa shape index (κ2) is 6.05. The number of thiophene rings is 1. The van der Waals surface area contributed by atoms with Crippen molar-refractivity contribution >= 4 is 21.4 Å². The predicted octanol–water partition coefficient (Wildman–Crippen LogP) is 2.34. The van der Waals surface area contributed by atoms with Gasteiger partial charge in [-0.2, -0.15) is 0 Å². The van der Waals surface area contributed by atoms with E-state index in [-0.39, 0.29) is 12.6 Å². The Bertz CT molecular complexity index is 678. The van der Waals surface area contributed by atoms with E-state index in [4.69, 9.17) is 5.73 Å². The third kappa shape index (κ3) is 3.46. The molecule has 0 amide bonds. The van der Waals surface area contributed by atoms with Gasteiger partial charge in [-0.1, -0.05) is 30.3 Å². The molecule has 3 N–H and O–H groups in total. The number of hydrogen-bond acceptors (Lipinski definition) is 4. The van der Waals surface area contributed by atoms with E-state index < -0.39 is 10.0 Å². The Hall–Kier alpha value is -1.21. The van der Waals surface area contributed by atoms with Crippen LogP contribution < -0.4 is 10.5 Å². The van der Waals surface area contributed by atoms with E-state index in [0.29, 0.717) is 4.90 Å². The van der Waals surface area contributed by atoms with Gasteiger partial charge in [0.15, 0.2) is 0 Å². The Labute approximate surface area is 123 Å². The molecule has 0 spiro atoms. The summed E-state index contributed by atoms with van der Waals surface area (Å²) in [5.74, 6) is 0. The second-order valence-electron chi connectivity index (χ2n) is 4.65. The van der Waals surface area contributed by atoms with Crippen LogP contribution in [-0.4, -0.2) is 15.0 Å². The fraction of sp³-hybridized carbons (Fsp3) is 0.286. The van der Waals surface area contributed by atoms with Gasteiger partial charge in [0.1, 0.15) is 0 Å². The van der Waals surface area contributed by atoms with Crippen LogP contribution in [0.15, 0.2) is 41.3 Å². The molecule has 0 saturated heterocycles. The summed E-state index contributed by atoms with van der Waals surface area (Å²) >= 11 is 1.48.